The average Bonchev–Trinajstić information content (AvgIpc) is 3.36. The molecular formula is C33H44FN5O3. The van der Waals surface area contributed by atoms with Crippen LogP contribution >= 0.6 is 0 Å². The third-order valence-electron chi connectivity index (χ3n) is 9.66. The Hall–Kier alpha value is -3.46. The first kappa shape index (κ1) is 30.0. The van der Waals surface area contributed by atoms with Crippen molar-refractivity contribution >= 4 is 22.9 Å². The quantitative estimate of drug-likeness (QED) is 0.322. The zero-order chi connectivity index (χ0) is 30.0. The number of aromatic nitrogens is 2. The molecule has 2 amide bonds. The summed E-state index contributed by atoms with van der Waals surface area (Å²) in [7, 11) is 3.99. The van der Waals surface area contributed by atoms with Crippen LogP contribution in [0.25, 0.3) is 16.6 Å². The lowest BCUT2D eigenvalue weighted by Gasteiger charge is -2.38. The van der Waals surface area contributed by atoms with Gasteiger partial charge in [-0.3, -0.25) is 9.78 Å². The van der Waals surface area contributed by atoms with Crippen LogP contribution in [0.2, 0.25) is 0 Å². The summed E-state index contributed by atoms with van der Waals surface area (Å²) >= 11 is 0. The van der Waals surface area contributed by atoms with Crippen LogP contribution in [0.4, 0.5) is 9.18 Å². The largest absolute Gasteiger partial charge is 0.465 e. The Bertz CT molecular complexity index is 1410. The minimum atomic E-state index is -0.919. The molecule has 0 aliphatic heterocycles. The van der Waals surface area contributed by atoms with Crippen molar-refractivity contribution in [2.75, 3.05) is 20.6 Å². The van der Waals surface area contributed by atoms with E-state index in [1.54, 1.807) is 18.0 Å². The van der Waals surface area contributed by atoms with Gasteiger partial charge in [0.15, 0.2) is 0 Å². The molecule has 0 atom stereocenters. The van der Waals surface area contributed by atoms with E-state index >= 15 is 0 Å². The van der Waals surface area contributed by atoms with Crippen molar-refractivity contribution in [3.8, 4) is 5.69 Å². The van der Waals surface area contributed by atoms with Crippen LogP contribution in [0, 0.1) is 11.7 Å². The number of hydrogen-bond acceptors (Lipinski definition) is 4. The zero-order valence-corrected chi connectivity index (χ0v) is 25.2. The minimum Gasteiger partial charge on any atom is -0.465 e. The summed E-state index contributed by atoms with van der Waals surface area (Å²) < 4.78 is 16.4. The molecule has 9 heteroatoms. The van der Waals surface area contributed by atoms with Crippen LogP contribution in [0.15, 0.2) is 42.9 Å². The molecule has 5 rings (SSSR count). The first-order chi connectivity index (χ1) is 20.1. The number of nitrogens with zero attached hydrogens (tertiary/aromatic N) is 4. The van der Waals surface area contributed by atoms with E-state index in [2.05, 4.69) is 34.5 Å². The summed E-state index contributed by atoms with van der Waals surface area (Å²) in [6, 6.07) is 7.14. The molecule has 1 aromatic carbocycles. The molecule has 2 aromatic heterocycles. The van der Waals surface area contributed by atoms with E-state index < -0.39 is 11.9 Å². The Morgan fingerprint density at radius 3 is 2.45 bits per heavy atom. The first-order valence-electron chi connectivity index (χ1n) is 15.3. The summed E-state index contributed by atoms with van der Waals surface area (Å²) in [6.45, 7) is 4.95. The summed E-state index contributed by atoms with van der Waals surface area (Å²) in [6.07, 6.45) is 13.3. The normalized spacial score (nSPS) is 22.9. The van der Waals surface area contributed by atoms with Crippen molar-refractivity contribution in [2.45, 2.75) is 89.3 Å². The molecule has 0 saturated heterocycles. The van der Waals surface area contributed by atoms with E-state index in [4.69, 9.17) is 5.11 Å². The first-order valence-corrected chi connectivity index (χ1v) is 15.3. The Morgan fingerprint density at radius 2 is 1.79 bits per heavy atom. The minimum absolute atomic E-state index is 0.00969. The van der Waals surface area contributed by atoms with Gasteiger partial charge in [0, 0.05) is 49.5 Å². The van der Waals surface area contributed by atoms with Crippen molar-refractivity contribution in [1.29, 1.82) is 0 Å². The van der Waals surface area contributed by atoms with Gasteiger partial charge < -0.3 is 24.8 Å². The molecule has 0 bridgehead atoms. The van der Waals surface area contributed by atoms with Gasteiger partial charge in [-0.15, -0.1) is 0 Å². The third kappa shape index (κ3) is 6.46. The summed E-state index contributed by atoms with van der Waals surface area (Å²) in [5, 5.41) is 12.8. The fraction of sp³-hybridized carbons (Fsp3) is 0.545. The van der Waals surface area contributed by atoms with Crippen LogP contribution in [-0.4, -0.2) is 75.2 Å². The van der Waals surface area contributed by atoms with Gasteiger partial charge in [-0.1, -0.05) is 0 Å². The molecule has 3 aromatic rings. The molecule has 8 nitrogen and oxygen atoms in total. The number of pyridine rings is 1. The van der Waals surface area contributed by atoms with Gasteiger partial charge in [-0.2, -0.15) is 0 Å². The highest BCUT2D eigenvalue weighted by atomic mass is 19.1. The predicted molar refractivity (Wildman–Crippen MR) is 163 cm³/mol. The molecule has 42 heavy (non-hydrogen) atoms. The van der Waals surface area contributed by atoms with E-state index in [1.807, 2.05) is 30.8 Å². The van der Waals surface area contributed by atoms with Gasteiger partial charge in [0.25, 0.3) is 5.91 Å². The molecule has 2 N–H and O–H groups in total. The van der Waals surface area contributed by atoms with Crippen LogP contribution in [-0.2, 0) is 0 Å². The van der Waals surface area contributed by atoms with Gasteiger partial charge in [-0.25, -0.2) is 9.18 Å². The Labute approximate surface area is 247 Å². The number of halogens is 1. The SMILES string of the molecule is CC(C)N(C)C(=O)c1cc(F)ccc1-n1cc(C2CCC(N(C)CC3CCC(NC(=O)O)CC3)CC2)c2ccncc21. The van der Waals surface area contributed by atoms with Gasteiger partial charge in [0.1, 0.15) is 5.82 Å². The second kappa shape index (κ2) is 12.8. The lowest BCUT2D eigenvalue weighted by molar-refractivity contribution is 0.0754. The van der Waals surface area contributed by atoms with Gasteiger partial charge in [0.05, 0.1) is 23.0 Å². The molecule has 0 spiro atoms. The monoisotopic (exact) mass is 577 g/mol. The maximum atomic E-state index is 14.4. The van der Waals surface area contributed by atoms with E-state index in [1.165, 1.54) is 17.7 Å². The lowest BCUT2D eigenvalue weighted by atomic mass is 9.80. The number of fused-ring (bicyclic) bond motifs is 1. The molecule has 0 unspecified atom stereocenters. The Kier molecular flexibility index (Phi) is 9.16. The Balaban J connectivity index is 1.30. The zero-order valence-electron chi connectivity index (χ0n) is 25.2. The standard InChI is InChI=1S/C33H44FN5O3/c1-21(2)38(4)32(40)28-17-24(34)9-14-30(28)39-20-29(27-15-16-35-18-31(27)39)23-7-12-26(13-8-23)37(3)19-22-5-10-25(11-6-22)36-33(41)42/h9,14-18,20-23,25-26,36H,5-8,10-13,19H2,1-4H3,(H,41,42). The number of nitrogens with one attached hydrogen (secondary N) is 1. The average molecular weight is 578 g/mol. The highest BCUT2D eigenvalue weighted by Gasteiger charge is 2.30. The lowest BCUT2D eigenvalue weighted by Crippen LogP contribution is -2.41. The van der Waals surface area contributed by atoms with Crippen molar-refractivity contribution in [3.05, 3.63) is 59.8 Å². The molecule has 2 heterocycles. The molecule has 0 radical (unpaired) electrons. The fourth-order valence-electron chi connectivity index (χ4n) is 6.99. The fourth-order valence-corrected chi connectivity index (χ4v) is 6.99. The van der Waals surface area contributed by atoms with Gasteiger partial charge >= 0.3 is 6.09 Å². The van der Waals surface area contributed by atoms with E-state index in [0.717, 1.165) is 68.8 Å². The van der Waals surface area contributed by atoms with E-state index in [-0.39, 0.29) is 18.0 Å². The molecule has 2 fully saturated rings. The smallest absolute Gasteiger partial charge is 0.404 e. The third-order valence-corrected chi connectivity index (χ3v) is 9.66. The Morgan fingerprint density at radius 1 is 1.07 bits per heavy atom. The molecular weight excluding hydrogens is 533 g/mol. The van der Waals surface area contributed by atoms with E-state index in [9.17, 15) is 14.0 Å². The second-order valence-corrected chi connectivity index (χ2v) is 12.6. The second-order valence-electron chi connectivity index (χ2n) is 12.6. The molecule has 2 aliphatic rings. The molecule has 2 aliphatic carbocycles. The number of amides is 2. The van der Waals surface area contributed by atoms with Crippen molar-refractivity contribution in [2.24, 2.45) is 5.92 Å². The summed E-state index contributed by atoms with van der Waals surface area (Å²) in [5.74, 6) is 0.382. The number of carbonyl (C=O) groups excluding carboxylic acids is 1. The van der Waals surface area contributed by atoms with Crippen LogP contribution in [0.1, 0.15) is 87.1 Å². The summed E-state index contributed by atoms with van der Waals surface area (Å²) in [4.78, 5) is 32.9. The summed E-state index contributed by atoms with van der Waals surface area (Å²) in [5.41, 5.74) is 3.20. The molecule has 226 valence electrons. The van der Waals surface area contributed by atoms with Crippen molar-refractivity contribution in [1.82, 2.24) is 24.7 Å². The van der Waals surface area contributed by atoms with Crippen molar-refractivity contribution < 1.29 is 19.1 Å². The highest BCUT2D eigenvalue weighted by Crippen LogP contribution is 2.40. The highest BCUT2D eigenvalue weighted by molar-refractivity contribution is 5.99. The van der Waals surface area contributed by atoms with Crippen molar-refractivity contribution in [3.63, 3.8) is 0 Å². The maximum Gasteiger partial charge on any atom is 0.404 e. The number of benzene rings is 1. The van der Waals surface area contributed by atoms with Crippen LogP contribution in [0.3, 0.4) is 0 Å². The topological polar surface area (TPSA) is 90.7 Å². The number of hydrogen-bond donors (Lipinski definition) is 2. The number of rotatable bonds is 8. The molecule has 2 saturated carbocycles. The number of carboxylic acid groups (broad SMARTS) is 1. The van der Waals surface area contributed by atoms with Gasteiger partial charge in [-0.05, 0) is 114 Å². The predicted octanol–water partition coefficient (Wildman–Crippen LogP) is 6.43. The van der Waals surface area contributed by atoms with Gasteiger partial charge in [0.2, 0.25) is 0 Å². The van der Waals surface area contributed by atoms with Crippen LogP contribution < -0.4 is 5.32 Å². The van der Waals surface area contributed by atoms with Crippen LogP contribution in [0.5, 0.6) is 0 Å². The van der Waals surface area contributed by atoms with E-state index in [0.29, 0.717) is 29.1 Å². The number of carbonyl (C=O) groups is 2. The maximum absolute atomic E-state index is 14.4.